The quantitative estimate of drug-likeness (QED) is 0.750. The predicted molar refractivity (Wildman–Crippen MR) is 66.7 cm³/mol. The number of nitrogens with one attached hydrogen (secondary N) is 2. The van der Waals surface area contributed by atoms with E-state index in [0.717, 1.165) is 37.2 Å². The average Bonchev–Trinajstić information content (AvgIpc) is 2.31. The van der Waals surface area contributed by atoms with E-state index in [-0.39, 0.29) is 5.82 Å². The number of hydrogen-bond donors (Lipinski definition) is 3. The molecule has 0 aromatic heterocycles. The van der Waals surface area contributed by atoms with E-state index in [0.29, 0.717) is 6.54 Å². The van der Waals surface area contributed by atoms with Crippen LogP contribution in [-0.4, -0.2) is 30.3 Å². The molecule has 1 aromatic carbocycles. The Morgan fingerprint density at radius 3 is 2.82 bits per heavy atom. The van der Waals surface area contributed by atoms with E-state index in [4.69, 9.17) is 0 Å². The zero-order valence-electron chi connectivity index (χ0n) is 10.1. The van der Waals surface area contributed by atoms with E-state index >= 15 is 0 Å². The van der Waals surface area contributed by atoms with Crippen LogP contribution >= 0.6 is 0 Å². The summed E-state index contributed by atoms with van der Waals surface area (Å²) < 4.78 is 13.1. The van der Waals surface area contributed by atoms with Crippen molar-refractivity contribution in [3.8, 4) is 0 Å². The fourth-order valence-corrected chi connectivity index (χ4v) is 2.11. The largest absolute Gasteiger partial charge is 0.388 e. The molecular formula is C13H19FN2O. The van der Waals surface area contributed by atoms with Gasteiger partial charge in [0.15, 0.2) is 0 Å². The fourth-order valence-electron chi connectivity index (χ4n) is 2.11. The van der Waals surface area contributed by atoms with Crippen LogP contribution in [0.5, 0.6) is 0 Å². The van der Waals surface area contributed by atoms with Gasteiger partial charge in [-0.2, -0.15) is 0 Å². The summed E-state index contributed by atoms with van der Waals surface area (Å²) in [6, 6.07) is 4.66. The van der Waals surface area contributed by atoms with Crippen molar-refractivity contribution in [2.45, 2.75) is 25.4 Å². The first-order chi connectivity index (χ1) is 8.09. The van der Waals surface area contributed by atoms with Gasteiger partial charge in [0.1, 0.15) is 5.82 Å². The third-order valence-electron chi connectivity index (χ3n) is 3.34. The van der Waals surface area contributed by atoms with Crippen molar-refractivity contribution >= 4 is 5.69 Å². The highest BCUT2D eigenvalue weighted by atomic mass is 19.1. The average molecular weight is 238 g/mol. The van der Waals surface area contributed by atoms with Gasteiger partial charge in [0.25, 0.3) is 0 Å². The lowest BCUT2D eigenvalue weighted by Crippen LogP contribution is -2.46. The molecule has 1 saturated heterocycles. The summed E-state index contributed by atoms with van der Waals surface area (Å²) in [6.07, 6.45) is 1.46. The van der Waals surface area contributed by atoms with E-state index in [2.05, 4.69) is 10.6 Å². The molecule has 3 N–H and O–H groups in total. The molecule has 0 unspecified atom stereocenters. The molecule has 0 bridgehead atoms. The Morgan fingerprint density at radius 2 is 2.12 bits per heavy atom. The summed E-state index contributed by atoms with van der Waals surface area (Å²) in [5, 5.41) is 16.7. The molecule has 1 aliphatic heterocycles. The Bertz CT molecular complexity index is 389. The second-order valence-electron chi connectivity index (χ2n) is 4.79. The molecule has 0 saturated carbocycles. The normalized spacial score (nSPS) is 19.0. The Labute approximate surface area is 101 Å². The van der Waals surface area contributed by atoms with Gasteiger partial charge in [-0.3, -0.25) is 0 Å². The van der Waals surface area contributed by atoms with Crippen LogP contribution in [0.4, 0.5) is 10.1 Å². The maximum absolute atomic E-state index is 13.1. The maximum Gasteiger partial charge on any atom is 0.125 e. The van der Waals surface area contributed by atoms with Crippen LogP contribution in [-0.2, 0) is 0 Å². The summed E-state index contributed by atoms with van der Waals surface area (Å²) in [5.74, 6) is -0.254. The van der Waals surface area contributed by atoms with Crippen LogP contribution in [0.3, 0.4) is 0 Å². The lowest BCUT2D eigenvalue weighted by molar-refractivity contribution is 0.0232. The monoisotopic (exact) mass is 238 g/mol. The number of piperidine rings is 1. The molecule has 0 atom stereocenters. The van der Waals surface area contributed by atoms with Crippen LogP contribution < -0.4 is 10.6 Å². The minimum absolute atomic E-state index is 0.254. The molecule has 0 radical (unpaired) electrons. The fraction of sp³-hybridized carbons (Fsp3) is 0.538. The van der Waals surface area contributed by atoms with Crippen molar-refractivity contribution in [2.24, 2.45) is 0 Å². The smallest absolute Gasteiger partial charge is 0.125 e. The van der Waals surface area contributed by atoms with Gasteiger partial charge >= 0.3 is 0 Å². The van der Waals surface area contributed by atoms with Crippen molar-refractivity contribution in [3.63, 3.8) is 0 Å². The SMILES string of the molecule is Cc1ccc(F)cc1NCC1(O)CCNCC1. The van der Waals surface area contributed by atoms with Gasteiger partial charge in [0.2, 0.25) is 0 Å². The van der Waals surface area contributed by atoms with Crippen LogP contribution in [0.25, 0.3) is 0 Å². The van der Waals surface area contributed by atoms with E-state index in [1.807, 2.05) is 6.92 Å². The summed E-state index contributed by atoms with van der Waals surface area (Å²) >= 11 is 0. The highest BCUT2D eigenvalue weighted by Gasteiger charge is 2.28. The Hall–Kier alpha value is -1.13. The molecule has 94 valence electrons. The third kappa shape index (κ3) is 3.17. The van der Waals surface area contributed by atoms with Gasteiger partial charge in [0, 0.05) is 12.2 Å². The molecule has 0 amide bonds. The molecule has 0 aliphatic carbocycles. The van der Waals surface area contributed by atoms with Crippen LogP contribution in [0.1, 0.15) is 18.4 Å². The predicted octanol–water partition coefficient (Wildman–Crippen LogP) is 1.66. The number of benzene rings is 1. The molecule has 1 aliphatic rings. The highest BCUT2D eigenvalue weighted by Crippen LogP contribution is 2.21. The Balaban J connectivity index is 1.99. The zero-order valence-corrected chi connectivity index (χ0v) is 10.1. The zero-order chi connectivity index (χ0) is 12.3. The maximum atomic E-state index is 13.1. The number of aryl methyl sites for hydroxylation is 1. The van der Waals surface area contributed by atoms with Crippen molar-refractivity contribution < 1.29 is 9.50 Å². The minimum atomic E-state index is -0.677. The molecule has 1 fully saturated rings. The van der Waals surface area contributed by atoms with Gasteiger partial charge in [-0.05, 0) is 50.6 Å². The third-order valence-corrected chi connectivity index (χ3v) is 3.34. The van der Waals surface area contributed by atoms with Crippen LogP contribution in [0, 0.1) is 12.7 Å². The van der Waals surface area contributed by atoms with Gasteiger partial charge < -0.3 is 15.7 Å². The first-order valence-corrected chi connectivity index (χ1v) is 6.02. The van der Waals surface area contributed by atoms with Crippen LogP contribution in [0.15, 0.2) is 18.2 Å². The van der Waals surface area contributed by atoms with E-state index in [1.54, 1.807) is 6.07 Å². The lowest BCUT2D eigenvalue weighted by atomic mass is 9.92. The Morgan fingerprint density at radius 1 is 1.41 bits per heavy atom. The molecule has 17 heavy (non-hydrogen) atoms. The summed E-state index contributed by atoms with van der Waals surface area (Å²) in [5.41, 5.74) is 1.07. The van der Waals surface area contributed by atoms with E-state index < -0.39 is 5.60 Å². The molecule has 3 nitrogen and oxygen atoms in total. The van der Waals surface area contributed by atoms with Crippen molar-refractivity contribution in [1.82, 2.24) is 5.32 Å². The first-order valence-electron chi connectivity index (χ1n) is 6.02. The number of anilines is 1. The highest BCUT2D eigenvalue weighted by molar-refractivity contribution is 5.50. The standard InChI is InChI=1S/C13H19FN2O/c1-10-2-3-11(14)8-12(10)16-9-13(17)4-6-15-7-5-13/h2-3,8,15-17H,4-7,9H2,1H3. The van der Waals surface area contributed by atoms with Crippen molar-refractivity contribution in [3.05, 3.63) is 29.6 Å². The second-order valence-corrected chi connectivity index (χ2v) is 4.79. The van der Waals surface area contributed by atoms with Gasteiger partial charge in [-0.25, -0.2) is 4.39 Å². The lowest BCUT2D eigenvalue weighted by Gasteiger charge is -2.33. The van der Waals surface area contributed by atoms with Crippen molar-refractivity contribution in [2.75, 3.05) is 25.0 Å². The number of aliphatic hydroxyl groups is 1. The summed E-state index contributed by atoms with van der Waals surface area (Å²) in [7, 11) is 0. The molecular weight excluding hydrogens is 219 g/mol. The Kier molecular flexibility index (Phi) is 3.64. The molecule has 1 heterocycles. The number of hydrogen-bond acceptors (Lipinski definition) is 3. The molecule has 2 rings (SSSR count). The molecule has 0 spiro atoms. The minimum Gasteiger partial charge on any atom is -0.388 e. The van der Waals surface area contributed by atoms with Gasteiger partial charge in [-0.15, -0.1) is 0 Å². The van der Waals surface area contributed by atoms with Gasteiger partial charge in [-0.1, -0.05) is 6.07 Å². The number of rotatable bonds is 3. The number of halogens is 1. The van der Waals surface area contributed by atoms with Crippen LogP contribution in [0.2, 0.25) is 0 Å². The van der Waals surface area contributed by atoms with E-state index in [9.17, 15) is 9.50 Å². The molecule has 4 heteroatoms. The summed E-state index contributed by atoms with van der Waals surface area (Å²) in [6.45, 7) is 4.06. The van der Waals surface area contributed by atoms with Gasteiger partial charge in [0.05, 0.1) is 5.60 Å². The van der Waals surface area contributed by atoms with E-state index in [1.165, 1.54) is 12.1 Å². The first kappa shape index (κ1) is 12.3. The second kappa shape index (κ2) is 5.02. The molecule has 1 aromatic rings. The summed E-state index contributed by atoms with van der Waals surface area (Å²) in [4.78, 5) is 0. The topological polar surface area (TPSA) is 44.3 Å². The van der Waals surface area contributed by atoms with Crippen molar-refractivity contribution in [1.29, 1.82) is 0 Å².